The molecule has 1 saturated heterocycles. The van der Waals surface area contributed by atoms with Gasteiger partial charge in [-0.05, 0) is 60.0 Å². The normalized spacial score (nSPS) is 16.4. The molecule has 0 aliphatic carbocycles. The number of amides is 1. The van der Waals surface area contributed by atoms with Gasteiger partial charge in [0.15, 0.2) is 0 Å². The summed E-state index contributed by atoms with van der Waals surface area (Å²) in [6.07, 6.45) is 0.319. The van der Waals surface area contributed by atoms with Crippen LogP contribution in [0.2, 0.25) is 5.02 Å². The zero-order valence-electron chi connectivity index (χ0n) is 17.5. The predicted octanol–water partition coefficient (Wildman–Crippen LogP) is 4.40. The Kier molecular flexibility index (Phi) is 6.24. The van der Waals surface area contributed by atoms with E-state index < -0.39 is 10.0 Å². The molecule has 166 valence electrons. The van der Waals surface area contributed by atoms with Gasteiger partial charge in [-0.25, -0.2) is 13.6 Å². The van der Waals surface area contributed by atoms with Crippen molar-refractivity contribution in [3.63, 3.8) is 0 Å². The van der Waals surface area contributed by atoms with E-state index in [1.807, 2.05) is 37.3 Å². The number of hydrogen-bond donors (Lipinski definition) is 1. The highest BCUT2D eigenvalue weighted by molar-refractivity contribution is 7.89. The SMILES string of the molecule is Cc1ccccc1COc1cc(Cl)ccc1[C@H]1CC(=O)N(c2ccc(S(N)(=O)=O)cc2)C1. The first-order valence-electron chi connectivity index (χ1n) is 10.1. The summed E-state index contributed by atoms with van der Waals surface area (Å²) in [5.41, 5.74) is 3.76. The molecule has 0 spiro atoms. The minimum absolute atomic E-state index is 0.00837. The molecule has 0 radical (unpaired) electrons. The van der Waals surface area contributed by atoms with Crippen molar-refractivity contribution in [1.29, 1.82) is 0 Å². The molecule has 0 saturated carbocycles. The van der Waals surface area contributed by atoms with Gasteiger partial charge in [0.25, 0.3) is 0 Å². The van der Waals surface area contributed by atoms with Gasteiger partial charge < -0.3 is 9.64 Å². The summed E-state index contributed by atoms with van der Waals surface area (Å²) in [6.45, 7) is 2.89. The van der Waals surface area contributed by atoms with Crippen molar-refractivity contribution in [1.82, 2.24) is 0 Å². The van der Waals surface area contributed by atoms with Gasteiger partial charge in [0.1, 0.15) is 12.4 Å². The average Bonchev–Trinajstić information content (AvgIpc) is 3.14. The monoisotopic (exact) mass is 470 g/mol. The van der Waals surface area contributed by atoms with Crippen LogP contribution in [0.5, 0.6) is 5.75 Å². The minimum atomic E-state index is -3.78. The van der Waals surface area contributed by atoms with E-state index in [1.165, 1.54) is 12.1 Å². The van der Waals surface area contributed by atoms with Gasteiger partial charge in [0.2, 0.25) is 15.9 Å². The third-order valence-corrected chi connectivity index (χ3v) is 6.83. The van der Waals surface area contributed by atoms with Crippen LogP contribution in [0.1, 0.15) is 29.0 Å². The van der Waals surface area contributed by atoms with E-state index in [0.717, 1.165) is 16.7 Å². The van der Waals surface area contributed by atoms with E-state index in [-0.39, 0.29) is 16.7 Å². The minimum Gasteiger partial charge on any atom is -0.489 e. The number of nitrogens with two attached hydrogens (primary N) is 1. The van der Waals surface area contributed by atoms with Gasteiger partial charge in [-0.15, -0.1) is 0 Å². The summed E-state index contributed by atoms with van der Waals surface area (Å²) in [7, 11) is -3.78. The number of aryl methyl sites for hydroxylation is 1. The van der Waals surface area contributed by atoms with E-state index in [4.69, 9.17) is 21.5 Å². The molecule has 1 heterocycles. The summed E-state index contributed by atoms with van der Waals surface area (Å²) in [5, 5.41) is 5.72. The Bertz CT molecular complexity index is 1260. The first-order chi connectivity index (χ1) is 15.2. The molecule has 8 heteroatoms. The number of sulfonamides is 1. The molecule has 3 aromatic carbocycles. The lowest BCUT2D eigenvalue weighted by atomic mass is 9.97. The standard InChI is InChI=1S/C24H23ClN2O4S/c1-16-4-2-3-5-17(16)15-31-23-13-19(25)6-11-22(23)18-12-24(28)27(14-18)20-7-9-21(10-8-20)32(26,29)30/h2-11,13,18H,12,14-15H2,1H3,(H2,26,29,30)/t18-/m0/s1. The second-order valence-electron chi connectivity index (χ2n) is 7.84. The van der Waals surface area contributed by atoms with E-state index >= 15 is 0 Å². The van der Waals surface area contributed by atoms with Crippen LogP contribution in [0.25, 0.3) is 0 Å². The van der Waals surface area contributed by atoms with E-state index in [0.29, 0.717) is 36.0 Å². The number of primary sulfonamides is 1. The van der Waals surface area contributed by atoms with E-state index in [2.05, 4.69) is 0 Å². The first kappa shape index (κ1) is 22.3. The molecule has 1 aliphatic rings. The summed E-state index contributed by atoms with van der Waals surface area (Å²) in [6, 6.07) is 19.5. The maximum absolute atomic E-state index is 12.8. The topological polar surface area (TPSA) is 89.7 Å². The molecule has 4 rings (SSSR count). The number of nitrogens with zero attached hydrogens (tertiary/aromatic N) is 1. The van der Waals surface area contributed by atoms with Crippen LogP contribution in [0, 0.1) is 6.92 Å². The summed E-state index contributed by atoms with van der Waals surface area (Å²) in [4.78, 5) is 14.4. The third kappa shape index (κ3) is 4.80. The number of anilines is 1. The molecule has 3 aromatic rings. The highest BCUT2D eigenvalue weighted by atomic mass is 35.5. The van der Waals surface area contributed by atoms with Crippen LogP contribution in [0.15, 0.2) is 71.6 Å². The zero-order valence-corrected chi connectivity index (χ0v) is 19.1. The molecule has 0 bridgehead atoms. The van der Waals surface area contributed by atoms with Crippen molar-refractivity contribution in [2.45, 2.75) is 30.8 Å². The van der Waals surface area contributed by atoms with Crippen LogP contribution in [-0.2, 0) is 21.4 Å². The highest BCUT2D eigenvalue weighted by Gasteiger charge is 2.33. The Morgan fingerprint density at radius 2 is 1.81 bits per heavy atom. The molecule has 1 atom stereocenters. The molecule has 1 amide bonds. The number of rotatable bonds is 6. The largest absolute Gasteiger partial charge is 0.489 e. The Balaban J connectivity index is 1.55. The third-order valence-electron chi connectivity index (χ3n) is 5.66. The molecule has 0 unspecified atom stereocenters. The fourth-order valence-corrected chi connectivity index (χ4v) is 4.56. The van der Waals surface area contributed by atoms with Crippen molar-refractivity contribution in [3.8, 4) is 5.75 Å². The number of carbonyl (C=O) groups excluding carboxylic acids is 1. The zero-order chi connectivity index (χ0) is 22.9. The molecule has 2 N–H and O–H groups in total. The lowest BCUT2D eigenvalue weighted by Crippen LogP contribution is -2.24. The van der Waals surface area contributed by atoms with Crippen molar-refractivity contribution in [2.24, 2.45) is 5.14 Å². The lowest BCUT2D eigenvalue weighted by Gasteiger charge is -2.19. The Hall–Kier alpha value is -2.87. The summed E-state index contributed by atoms with van der Waals surface area (Å²) >= 11 is 6.22. The smallest absolute Gasteiger partial charge is 0.238 e. The number of hydrogen-bond acceptors (Lipinski definition) is 4. The van der Waals surface area contributed by atoms with Crippen LogP contribution >= 0.6 is 11.6 Å². The van der Waals surface area contributed by atoms with Crippen LogP contribution in [-0.4, -0.2) is 20.9 Å². The Morgan fingerprint density at radius 1 is 1.09 bits per heavy atom. The maximum Gasteiger partial charge on any atom is 0.238 e. The van der Waals surface area contributed by atoms with Gasteiger partial charge in [-0.1, -0.05) is 41.9 Å². The fourth-order valence-electron chi connectivity index (χ4n) is 3.88. The highest BCUT2D eigenvalue weighted by Crippen LogP contribution is 2.38. The molecule has 0 aromatic heterocycles. The van der Waals surface area contributed by atoms with E-state index in [9.17, 15) is 13.2 Å². The molecule has 1 fully saturated rings. The Morgan fingerprint density at radius 3 is 2.50 bits per heavy atom. The van der Waals surface area contributed by atoms with Crippen LogP contribution < -0.4 is 14.8 Å². The molecular weight excluding hydrogens is 448 g/mol. The van der Waals surface area contributed by atoms with Gasteiger partial charge >= 0.3 is 0 Å². The Labute approximate surface area is 192 Å². The summed E-state index contributed by atoms with van der Waals surface area (Å²) in [5.74, 6) is 0.535. The van der Waals surface area contributed by atoms with Crippen LogP contribution in [0.4, 0.5) is 5.69 Å². The number of halogens is 1. The predicted molar refractivity (Wildman–Crippen MR) is 124 cm³/mol. The number of benzene rings is 3. The van der Waals surface area contributed by atoms with Gasteiger partial charge in [-0.2, -0.15) is 0 Å². The molecule has 32 heavy (non-hydrogen) atoms. The van der Waals surface area contributed by atoms with Gasteiger partial charge in [-0.3, -0.25) is 4.79 Å². The quantitative estimate of drug-likeness (QED) is 0.578. The molecule has 6 nitrogen and oxygen atoms in total. The summed E-state index contributed by atoms with van der Waals surface area (Å²) < 4.78 is 29.1. The van der Waals surface area contributed by atoms with Crippen molar-refractivity contribution >= 4 is 33.2 Å². The number of ether oxygens (including phenoxy) is 1. The van der Waals surface area contributed by atoms with Crippen molar-refractivity contribution < 1.29 is 17.9 Å². The fraction of sp³-hybridized carbons (Fsp3) is 0.208. The van der Waals surface area contributed by atoms with Crippen molar-refractivity contribution in [3.05, 3.63) is 88.4 Å². The van der Waals surface area contributed by atoms with E-state index in [1.54, 1.807) is 29.2 Å². The molecule has 1 aliphatic heterocycles. The first-order valence-corrected chi connectivity index (χ1v) is 12.0. The molecular formula is C24H23ClN2O4S. The van der Waals surface area contributed by atoms with Gasteiger partial charge in [0.05, 0.1) is 4.90 Å². The maximum atomic E-state index is 12.8. The van der Waals surface area contributed by atoms with Crippen LogP contribution in [0.3, 0.4) is 0 Å². The lowest BCUT2D eigenvalue weighted by molar-refractivity contribution is -0.117. The second kappa shape index (κ2) is 8.94. The number of carbonyl (C=O) groups is 1. The van der Waals surface area contributed by atoms with Crippen molar-refractivity contribution in [2.75, 3.05) is 11.4 Å². The average molecular weight is 471 g/mol. The van der Waals surface area contributed by atoms with Gasteiger partial charge in [0, 0.05) is 29.6 Å². The second-order valence-corrected chi connectivity index (χ2v) is 9.84.